The molecule has 0 fully saturated rings. The lowest BCUT2D eigenvalue weighted by Crippen LogP contribution is -2.00. The largest absolute Gasteiger partial charge is 0.265 e. The minimum Gasteiger partial charge on any atom is -0.265 e. The van der Waals surface area contributed by atoms with Crippen molar-refractivity contribution in [1.82, 2.24) is 24.9 Å². The van der Waals surface area contributed by atoms with Crippen molar-refractivity contribution in [3.05, 3.63) is 103 Å². The SMILES string of the molecule is Clc1cc(-c2ccccc2)cc(-c2nc(-c3ccncc3)nc(-c3cccnc3)n2)c1. The van der Waals surface area contributed by atoms with E-state index in [9.17, 15) is 0 Å². The van der Waals surface area contributed by atoms with Gasteiger partial charge in [0.15, 0.2) is 17.5 Å². The average molecular weight is 422 g/mol. The smallest absolute Gasteiger partial charge is 0.165 e. The maximum Gasteiger partial charge on any atom is 0.165 e. The molecule has 0 aliphatic rings. The molecule has 3 aromatic heterocycles. The van der Waals surface area contributed by atoms with Crippen LogP contribution in [0.4, 0.5) is 0 Å². The van der Waals surface area contributed by atoms with Gasteiger partial charge >= 0.3 is 0 Å². The molecule has 0 unspecified atom stereocenters. The summed E-state index contributed by atoms with van der Waals surface area (Å²) in [6.07, 6.45) is 6.90. The van der Waals surface area contributed by atoms with E-state index in [0.29, 0.717) is 22.5 Å². The minimum absolute atomic E-state index is 0.542. The Kier molecular flexibility index (Phi) is 5.17. The highest BCUT2D eigenvalue weighted by atomic mass is 35.5. The first-order valence-corrected chi connectivity index (χ1v) is 10.1. The van der Waals surface area contributed by atoms with Crippen LogP contribution in [0, 0.1) is 0 Å². The molecule has 0 aliphatic heterocycles. The van der Waals surface area contributed by atoms with Gasteiger partial charge in [-0.05, 0) is 53.6 Å². The minimum atomic E-state index is 0.542. The molecular formula is C25H16ClN5. The van der Waals surface area contributed by atoms with Crippen LogP contribution in [-0.2, 0) is 0 Å². The number of rotatable bonds is 4. The fourth-order valence-electron chi connectivity index (χ4n) is 3.28. The Balaban J connectivity index is 1.70. The lowest BCUT2D eigenvalue weighted by atomic mass is 10.0. The maximum absolute atomic E-state index is 6.47. The van der Waals surface area contributed by atoms with Gasteiger partial charge in [-0.3, -0.25) is 9.97 Å². The van der Waals surface area contributed by atoms with Crippen LogP contribution >= 0.6 is 11.6 Å². The van der Waals surface area contributed by atoms with E-state index in [-0.39, 0.29) is 0 Å². The van der Waals surface area contributed by atoms with Crippen LogP contribution < -0.4 is 0 Å². The van der Waals surface area contributed by atoms with Crippen molar-refractivity contribution in [1.29, 1.82) is 0 Å². The molecule has 3 heterocycles. The topological polar surface area (TPSA) is 64.5 Å². The summed E-state index contributed by atoms with van der Waals surface area (Å²) < 4.78 is 0. The molecule has 0 aliphatic carbocycles. The highest BCUT2D eigenvalue weighted by Gasteiger charge is 2.13. The third kappa shape index (κ3) is 4.17. The molecule has 5 aromatic rings. The fourth-order valence-corrected chi connectivity index (χ4v) is 3.51. The Morgan fingerprint density at radius 2 is 1.13 bits per heavy atom. The molecule has 0 amide bonds. The quantitative estimate of drug-likeness (QED) is 0.357. The standard InChI is InChI=1S/C25H16ClN5/c26-22-14-20(17-5-2-1-3-6-17)13-21(15-22)25-30-23(18-8-11-27-12-9-18)29-24(31-25)19-7-4-10-28-16-19/h1-16H. The van der Waals surface area contributed by atoms with E-state index in [1.165, 1.54) is 0 Å². The molecule has 0 spiro atoms. The second-order valence-corrected chi connectivity index (χ2v) is 7.31. The van der Waals surface area contributed by atoms with E-state index in [4.69, 9.17) is 21.6 Å². The lowest BCUT2D eigenvalue weighted by molar-refractivity contribution is 1.07. The Hall–Kier alpha value is -3.96. The summed E-state index contributed by atoms with van der Waals surface area (Å²) in [6, 6.07) is 23.5. The van der Waals surface area contributed by atoms with Crippen molar-refractivity contribution in [2.24, 2.45) is 0 Å². The van der Waals surface area contributed by atoms with Gasteiger partial charge in [-0.1, -0.05) is 41.9 Å². The predicted molar refractivity (Wildman–Crippen MR) is 122 cm³/mol. The molecule has 0 radical (unpaired) electrons. The van der Waals surface area contributed by atoms with E-state index in [0.717, 1.165) is 27.8 Å². The Labute approximate surface area is 184 Å². The third-order valence-corrected chi connectivity index (χ3v) is 4.97. The van der Waals surface area contributed by atoms with Crippen LogP contribution in [0.25, 0.3) is 45.3 Å². The van der Waals surface area contributed by atoms with E-state index in [1.54, 1.807) is 24.8 Å². The molecule has 148 valence electrons. The van der Waals surface area contributed by atoms with Crippen LogP contribution in [0.15, 0.2) is 97.6 Å². The van der Waals surface area contributed by atoms with Crippen LogP contribution in [0.2, 0.25) is 5.02 Å². The molecule has 0 bridgehead atoms. The number of hydrogen-bond acceptors (Lipinski definition) is 5. The van der Waals surface area contributed by atoms with Crippen molar-refractivity contribution in [2.75, 3.05) is 0 Å². The monoisotopic (exact) mass is 421 g/mol. The summed E-state index contributed by atoms with van der Waals surface area (Å²) >= 11 is 6.47. The number of nitrogens with zero attached hydrogens (tertiary/aromatic N) is 5. The summed E-state index contributed by atoms with van der Waals surface area (Å²) in [5, 5.41) is 0.616. The van der Waals surface area contributed by atoms with Gasteiger partial charge < -0.3 is 0 Å². The highest BCUT2D eigenvalue weighted by molar-refractivity contribution is 6.31. The Morgan fingerprint density at radius 1 is 0.484 bits per heavy atom. The van der Waals surface area contributed by atoms with Crippen molar-refractivity contribution >= 4 is 11.6 Å². The zero-order chi connectivity index (χ0) is 21.0. The number of pyridine rings is 2. The Morgan fingerprint density at radius 3 is 1.84 bits per heavy atom. The summed E-state index contributed by atoms with van der Waals surface area (Å²) in [6.45, 7) is 0. The zero-order valence-electron chi connectivity index (χ0n) is 16.4. The summed E-state index contributed by atoms with van der Waals surface area (Å²) in [7, 11) is 0. The summed E-state index contributed by atoms with van der Waals surface area (Å²) in [5.74, 6) is 1.65. The van der Waals surface area contributed by atoms with Crippen LogP contribution in [0.1, 0.15) is 0 Å². The molecule has 31 heavy (non-hydrogen) atoms. The molecule has 6 heteroatoms. The maximum atomic E-state index is 6.47. The van der Waals surface area contributed by atoms with Gasteiger partial charge in [0.1, 0.15) is 0 Å². The molecule has 5 nitrogen and oxygen atoms in total. The van der Waals surface area contributed by atoms with Crippen LogP contribution in [0.3, 0.4) is 0 Å². The van der Waals surface area contributed by atoms with Crippen LogP contribution in [0.5, 0.6) is 0 Å². The van der Waals surface area contributed by atoms with E-state index in [1.807, 2.05) is 72.8 Å². The molecule has 0 atom stereocenters. The molecule has 0 saturated carbocycles. The zero-order valence-corrected chi connectivity index (χ0v) is 17.1. The first-order chi connectivity index (χ1) is 15.3. The van der Waals surface area contributed by atoms with Gasteiger partial charge in [-0.2, -0.15) is 0 Å². The van der Waals surface area contributed by atoms with Crippen molar-refractivity contribution in [3.8, 4) is 45.3 Å². The highest BCUT2D eigenvalue weighted by Crippen LogP contribution is 2.30. The number of halogens is 1. The van der Waals surface area contributed by atoms with E-state index >= 15 is 0 Å². The summed E-state index contributed by atoms with van der Waals surface area (Å²) in [4.78, 5) is 22.5. The normalized spacial score (nSPS) is 10.7. The molecular weight excluding hydrogens is 406 g/mol. The number of benzene rings is 2. The molecule has 0 saturated heterocycles. The van der Waals surface area contributed by atoms with Crippen molar-refractivity contribution in [2.45, 2.75) is 0 Å². The first-order valence-electron chi connectivity index (χ1n) is 9.69. The molecule has 2 aromatic carbocycles. The van der Waals surface area contributed by atoms with Gasteiger partial charge in [0.2, 0.25) is 0 Å². The third-order valence-electron chi connectivity index (χ3n) is 4.76. The van der Waals surface area contributed by atoms with Gasteiger partial charge in [-0.15, -0.1) is 0 Å². The summed E-state index contributed by atoms with van der Waals surface area (Å²) in [5.41, 5.74) is 4.55. The van der Waals surface area contributed by atoms with Crippen molar-refractivity contribution < 1.29 is 0 Å². The second kappa shape index (κ2) is 8.42. The lowest BCUT2D eigenvalue weighted by Gasteiger charge is -2.10. The van der Waals surface area contributed by atoms with Crippen molar-refractivity contribution in [3.63, 3.8) is 0 Å². The number of hydrogen-bond donors (Lipinski definition) is 0. The molecule has 5 rings (SSSR count). The van der Waals surface area contributed by atoms with Gasteiger partial charge in [0.05, 0.1) is 0 Å². The van der Waals surface area contributed by atoms with E-state index in [2.05, 4.69) is 15.0 Å². The fraction of sp³-hybridized carbons (Fsp3) is 0. The second-order valence-electron chi connectivity index (χ2n) is 6.88. The van der Waals surface area contributed by atoms with Gasteiger partial charge in [0, 0.05) is 46.5 Å². The first kappa shape index (κ1) is 19.0. The molecule has 0 N–H and O–H groups in total. The van der Waals surface area contributed by atoms with E-state index < -0.39 is 0 Å². The Bertz CT molecular complexity index is 1270. The van der Waals surface area contributed by atoms with Crippen LogP contribution in [-0.4, -0.2) is 24.9 Å². The average Bonchev–Trinajstić information content (AvgIpc) is 2.85. The van der Waals surface area contributed by atoms with Gasteiger partial charge in [0.25, 0.3) is 0 Å². The number of aromatic nitrogens is 5. The predicted octanol–water partition coefficient (Wildman–Crippen LogP) is 5.98. The van der Waals surface area contributed by atoms with Gasteiger partial charge in [-0.25, -0.2) is 15.0 Å².